The summed E-state index contributed by atoms with van der Waals surface area (Å²) < 4.78 is 35.5. The molecule has 3 aromatic carbocycles. The van der Waals surface area contributed by atoms with Crippen LogP contribution in [0.1, 0.15) is 28.2 Å². The minimum absolute atomic E-state index is 0.117. The third kappa shape index (κ3) is 5.48. The average Bonchev–Trinajstić information content (AvgIpc) is 3.64. The Labute approximate surface area is 237 Å². The molecule has 6 rings (SSSR count). The van der Waals surface area contributed by atoms with Gasteiger partial charge in [0, 0.05) is 36.6 Å². The lowest BCUT2D eigenvalue weighted by Gasteiger charge is -2.32. The molecule has 206 valence electrons. The number of nitrogens with one attached hydrogen (secondary N) is 1. The lowest BCUT2D eigenvalue weighted by molar-refractivity contribution is 0.318. The van der Waals surface area contributed by atoms with Gasteiger partial charge in [-0.05, 0) is 66.9 Å². The molecule has 11 heteroatoms. The predicted octanol–water partition coefficient (Wildman–Crippen LogP) is 4.46. The minimum Gasteiger partial charge on any atom is -0.364 e. The van der Waals surface area contributed by atoms with Crippen LogP contribution in [0.15, 0.2) is 94.7 Å². The van der Waals surface area contributed by atoms with Crippen molar-refractivity contribution in [1.82, 2.24) is 24.4 Å². The second-order valence-corrected chi connectivity index (χ2v) is 11.9. The minimum atomic E-state index is -3.96. The van der Waals surface area contributed by atoms with E-state index in [9.17, 15) is 13.7 Å². The number of imidazole rings is 1. The highest BCUT2D eigenvalue weighted by molar-refractivity contribution is 7.89. The lowest BCUT2D eigenvalue weighted by Crippen LogP contribution is -2.45. The van der Waals surface area contributed by atoms with E-state index < -0.39 is 16.1 Å². The summed E-state index contributed by atoms with van der Waals surface area (Å²) >= 11 is 0. The van der Waals surface area contributed by atoms with Crippen LogP contribution in [-0.2, 0) is 29.5 Å². The van der Waals surface area contributed by atoms with Crippen LogP contribution < -0.4 is 4.90 Å². The number of aromatic amines is 1. The van der Waals surface area contributed by atoms with Crippen molar-refractivity contribution in [3.05, 3.63) is 114 Å². The van der Waals surface area contributed by atoms with Gasteiger partial charge in [-0.25, -0.2) is 13.4 Å². The van der Waals surface area contributed by atoms with Crippen LogP contribution >= 0.6 is 0 Å². The first kappa shape index (κ1) is 26.4. The number of rotatable bonds is 7. The van der Waals surface area contributed by atoms with Crippen molar-refractivity contribution in [2.45, 2.75) is 37.4 Å². The largest absolute Gasteiger partial charge is 0.364 e. The summed E-state index contributed by atoms with van der Waals surface area (Å²) in [5.41, 5.74) is 4.61. The molecule has 1 aliphatic rings. The van der Waals surface area contributed by atoms with Gasteiger partial charge >= 0.3 is 0 Å². The molecule has 1 aliphatic heterocycles. The van der Waals surface area contributed by atoms with E-state index >= 15 is 0 Å². The topological polar surface area (TPSA) is 132 Å². The highest BCUT2D eigenvalue weighted by atomic mass is 32.2. The maximum absolute atomic E-state index is 14.4. The van der Waals surface area contributed by atoms with E-state index in [1.807, 2.05) is 42.6 Å². The van der Waals surface area contributed by atoms with Gasteiger partial charge < -0.3 is 14.4 Å². The molecule has 2 aromatic heterocycles. The zero-order chi connectivity index (χ0) is 28.4. The summed E-state index contributed by atoms with van der Waals surface area (Å²) in [4.78, 5) is 14.0. The molecule has 3 heterocycles. The quantitative estimate of drug-likeness (QED) is 0.306. The molecule has 0 fully saturated rings. The van der Waals surface area contributed by atoms with E-state index in [0.29, 0.717) is 42.4 Å². The fraction of sp³-hybridized carbons (Fsp3) is 0.200. The monoisotopic (exact) mass is 565 g/mol. The molecule has 10 nitrogen and oxygen atoms in total. The van der Waals surface area contributed by atoms with Gasteiger partial charge in [-0.2, -0.15) is 14.6 Å². The Morgan fingerprint density at radius 2 is 1.90 bits per heavy atom. The van der Waals surface area contributed by atoms with Crippen molar-refractivity contribution in [2.75, 3.05) is 11.4 Å². The van der Waals surface area contributed by atoms with Crippen molar-refractivity contribution in [1.29, 1.82) is 5.26 Å². The van der Waals surface area contributed by atoms with E-state index in [2.05, 4.69) is 31.1 Å². The maximum atomic E-state index is 14.4. The van der Waals surface area contributed by atoms with Gasteiger partial charge in [0.2, 0.25) is 10.0 Å². The number of sulfonamides is 1. The van der Waals surface area contributed by atoms with E-state index in [-0.39, 0.29) is 11.4 Å². The fourth-order valence-corrected chi connectivity index (χ4v) is 6.80. The smallest absolute Gasteiger partial charge is 0.257 e. The first-order chi connectivity index (χ1) is 19.9. The second kappa shape index (κ2) is 11.0. The second-order valence-electron chi connectivity index (χ2n) is 9.96. The molecule has 1 N–H and O–H groups in total. The first-order valence-electron chi connectivity index (χ1n) is 13.1. The molecular formula is C30H27N7O3S. The number of benzene rings is 3. The van der Waals surface area contributed by atoms with Crippen LogP contribution in [0.25, 0.3) is 11.5 Å². The van der Waals surface area contributed by atoms with Crippen LogP contribution in [0.3, 0.4) is 0 Å². The summed E-state index contributed by atoms with van der Waals surface area (Å²) in [5.74, 6) is 0.829. The Balaban J connectivity index is 1.42. The lowest BCUT2D eigenvalue weighted by atomic mass is 10.1. The zero-order valence-electron chi connectivity index (χ0n) is 22.3. The number of hydrogen-bond donors (Lipinski definition) is 1. The van der Waals surface area contributed by atoms with Crippen LogP contribution in [0.2, 0.25) is 0 Å². The van der Waals surface area contributed by atoms with Crippen molar-refractivity contribution in [2.24, 2.45) is 0 Å². The number of nitriles is 1. The van der Waals surface area contributed by atoms with Gasteiger partial charge in [0.05, 0.1) is 35.1 Å². The Morgan fingerprint density at radius 1 is 1.10 bits per heavy atom. The van der Waals surface area contributed by atoms with Crippen LogP contribution in [0.4, 0.5) is 5.69 Å². The molecule has 0 bridgehead atoms. The molecule has 0 saturated heterocycles. The number of aromatic nitrogens is 4. The Bertz CT molecular complexity index is 1800. The number of fused-ring (bicyclic) bond motifs is 1. The summed E-state index contributed by atoms with van der Waals surface area (Å²) in [7, 11) is -3.96. The van der Waals surface area contributed by atoms with Gasteiger partial charge in [0.15, 0.2) is 5.82 Å². The summed E-state index contributed by atoms with van der Waals surface area (Å²) in [6.07, 6.45) is 3.97. The number of hydrogen-bond acceptors (Lipinski definition) is 8. The molecule has 0 aliphatic carbocycles. The van der Waals surface area contributed by atoms with E-state index in [4.69, 9.17) is 4.52 Å². The van der Waals surface area contributed by atoms with Gasteiger partial charge in [-0.15, -0.1) is 0 Å². The van der Waals surface area contributed by atoms with Crippen LogP contribution in [0, 0.1) is 18.3 Å². The molecule has 0 amide bonds. The molecule has 41 heavy (non-hydrogen) atoms. The first-order valence-corrected chi connectivity index (χ1v) is 14.6. The molecule has 0 radical (unpaired) electrons. The summed E-state index contributed by atoms with van der Waals surface area (Å²) in [6, 6.07) is 23.6. The Morgan fingerprint density at radius 3 is 2.59 bits per heavy atom. The zero-order valence-corrected chi connectivity index (χ0v) is 23.1. The van der Waals surface area contributed by atoms with E-state index in [1.54, 1.807) is 54.0 Å². The number of H-pyrrole nitrogens is 1. The summed E-state index contributed by atoms with van der Waals surface area (Å²) in [5, 5.41) is 13.4. The molecule has 0 unspecified atom stereocenters. The normalized spacial score (nSPS) is 15.7. The predicted molar refractivity (Wildman–Crippen MR) is 152 cm³/mol. The fourth-order valence-electron chi connectivity index (χ4n) is 5.21. The number of aryl methyl sites for hydroxylation is 1. The SMILES string of the molecule is Cc1noc(-c2ccc(S(=O)(=O)N3Cc4cc(C#N)ccc4N(Cc4c[nH]cn4)C[C@H]3Cc3ccccc3)cc2)n1. The van der Waals surface area contributed by atoms with Gasteiger partial charge in [-0.1, -0.05) is 35.5 Å². The van der Waals surface area contributed by atoms with Crippen molar-refractivity contribution >= 4 is 15.7 Å². The van der Waals surface area contributed by atoms with Crippen molar-refractivity contribution in [3.63, 3.8) is 0 Å². The standard InChI is InChI=1S/C30H27N7O3S/c1-21-34-30(40-35-21)24-8-10-28(11-9-24)41(38,39)37-17-25-13-23(15-31)7-12-29(25)36(18-26-16-32-20-33-26)19-27(37)14-22-5-3-2-4-6-22/h2-13,16,20,27H,14,17-19H2,1H3,(H,32,33)/t27-/m1/s1. The highest BCUT2D eigenvalue weighted by Crippen LogP contribution is 2.34. The van der Waals surface area contributed by atoms with Crippen LogP contribution in [-0.4, -0.2) is 45.4 Å². The molecule has 0 spiro atoms. The Kier molecular flexibility index (Phi) is 7.09. The Hall–Kier alpha value is -4.79. The third-order valence-corrected chi connectivity index (χ3v) is 9.08. The molecule has 0 saturated carbocycles. The molecular weight excluding hydrogens is 538 g/mol. The van der Waals surface area contributed by atoms with Gasteiger partial charge in [0.1, 0.15) is 0 Å². The molecule has 1 atom stereocenters. The van der Waals surface area contributed by atoms with Crippen molar-refractivity contribution < 1.29 is 12.9 Å². The van der Waals surface area contributed by atoms with Crippen LogP contribution in [0.5, 0.6) is 0 Å². The van der Waals surface area contributed by atoms with Crippen molar-refractivity contribution in [3.8, 4) is 17.5 Å². The highest BCUT2D eigenvalue weighted by Gasteiger charge is 2.37. The van der Waals surface area contributed by atoms with Gasteiger partial charge in [-0.3, -0.25) is 0 Å². The van der Waals surface area contributed by atoms with E-state index in [0.717, 1.165) is 22.5 Å². The number of nitrogens with zero attached hydrogens (tertiary/aromatic N) is 6. The van der Waals surface area contributed by atoms with Gasteiger partial charge in [0.25, 0.3) is 5.89 Å². The number of anilines is 1. The average molecular weight is 566 g/mol. The maximum Gasteiger partial charge on any atom is 0.257 e. The molecule has 5 aromatic rings. The summed E-state index contributed by atoms with van der Waals surface area (Å²) in [6.45, 7) is 2.76. The van der Waals surface area contributed by atoms with E-state index in [1.165, 1.54) is 0 Å². The third-order valence-electron chi connectivity index (χ3n) is 7.17.